The fourth-order valence-corrected chi connectivity index (χ4v) is 4.00. The van der Waals surface area contributed by atoms with Crippen molar-refractivity contribution in [1.29, 1.82) is 0 Å². The average Bonchev–Trinajstić information content (AvgIpc) is 2.83. The molecule has 0 unspecified atom stereocenters. The van der Waals surface area contributed by atoms with Crippen LogP contribution in [-0.4, -0.2) is 0 Å². The Morgan fingerprint density at radius 2 is 1.21 bits per heavy atom. The van der Waals surface area contributed by atoms with Crippen molar-refractivity contribution in [3.63, 3.8) is 0 Å². The van der Waals surface area contributed by atoms with Crippen molar-refractivity contribution in [3.8, 4) is 0 Å². The predicted molar refractivity (Wildman–Crippen MR) is 81.0 cm³/mol. The normalized spacial score (nSPS) is 31.0. The van der Waals surface area contributed by atoms with Crippen LogP contribution in [0.1, 0.15) is 38.5 Å². The van der Waals surface area contributed by atoms with E-state index in [9.17, 15) is 0 Å². The summed E-state index contributed by atoms with van der Waals surface area (Å²) in [6, 6.07) is 10.0. The molecule has 4 bridgehead atoms. The van der Waals surface area contributed by atoms with E-state index in [0.717, 1.165) is 17.8 Å². The van der Waals surface area contributed by atoms with E-state index in [4.69, 9.17) is 27.9 Å². The van der Waals surface area contributed by atoms with Crippen LogP contribution < -0.4 is 0 Å². The maximum atomic E-state index is 4.97. The van der Waals surface area contributed by atoms with Gasteiger partial charge in [0.1, 0.15) is 0 Å². The minimum absolute atomic E-state index is 1.14. The van der Waals surface area contributed by atoms with E-state index >= 15 is 0 Å². The summed E-state index contributed by atoms with van der Waals surface area (Å²) in [6.07, 6.45) is 9.31. The molecule has 0 nitrogen and oxygen atoms in total. The topological polar surface area (TPSA) is 0 Å². The summed E-state index contributed by atoms with van der Waals surface area (Å²) in [5.41, 5.74) is 0. The third kappa shape index (κ3) is 6.06. The maximum absolute atomic E-state index is 4.97. The summed E-state index contributed by atoms with van der Waals surface area (Å²) in [5.74, 6) is 5.35. The van der Waals surface area contributed by atoms with Crippen molar-refractivity contribution in [2.75, 3.05) is 0 Å². The van der Waals surface area contributed by atoms with Gasteiger partial charge in [-0.25, -0.2) is 12.1 Å². The first kappa shape index (κ1) is 16.3. The van der Waals surface area contributed by atoms with Crippen LogP contribution in [-0.2, 0) is 14.7 Å². The van der Waals surface area contributed by atoms with E-state index < -0.39 is 14.7 Å². The zero-order chi connectivity index (χ0) is 13.7. The zero-order valence-corrected chi connectivity index (χ0v) is 14.8. The Morgan fingerprint density at radius 1 is 0.842 bits per heavy atom. The van der Waals surface area contributed by atoms with Gasteiger partial charge in [-0.3, -0.25) is 0 Å². The number of hydrogen-bond acceptors (Lipinski definition) is 0. The third-order valence-corrected chi connectivity index (χ3v) is 4.29. The van der Waals surface area contributed by atoms with Crippen molar-refractivity contribution in [1.82, 2.24) is 0 Å². The summed E-state index contributed by atoms with van der Waals surface area (Å²) < 4.78 is 0. The van der Waals surface area contributed by atoms with Gasteiger partial charge in [0.05, 0.1) is 0 Å². The molecule has 4 fully saturated rings. The second-order valence-electron chi connectivity index (χ2n) is 5.84. The summed E-state index contributed by atoms with van der Waals surface area (Å²) in [4.78, 5) is 0. The molecule has 4 saturated carbocycles. The van der Waals surface area contributed by atoms with Gasteiger partial charge < -0.3 is 5.92 Å². The van der Waals surface area contributed by atoms with Gasteiger partial charge in [0.25, 0.3) is 0 Å². The van der Waals surface area contributed by atoms with Crippen LogP contribution in [0.3, 0.4) is 0 Å². The van der Waals surface area contributed by atoms with Gasteiger partial charge in [-0.2, -0.15) is 37.5 Å². The second-order valence-corrected chi connectivity index (χ2v) is 13.6. The SMILES string of the molecule is C1[C-]2CC3CC1CC(C2)C3.[Cl][Ti]([Cl])[Cl].c1cc[cH-]c1. The molecule has 0 amide bonds. The molecular weight excluding hydrogens is 334 g/mol. The molecule has 107 valence electrons. The first-order valence-corrected chi connectivity index (χ1v) is 13.4. The molecule has 0 heterocycles. The minimum atomic E-state index is -1.92. The van der Waals surface area contributed by atoms with Gasteiger partial charge in [-0.15, -0.1) is 0 Å². The number of rotatable bonds is 0. The predicted octanol–water partition coefficient (Wildman–Crippen LogP) is 6.26. The van der Waals surface area contributed by atoms with E-state index in [-0.39, 0.29) is 0 Å². The fourth-order valence-electron chi connectivity index (χ4n) is 4.00. The molecule has 19 heavy (non-hydrogen) atoms. The van der Waals surface area contributed by atoms with Crippen molar-refractivity contribution in [2.45, 2.75) is 38.5 Å². The van der Waals surface area contributed by atoms with Crippen LogP contribution in [0.25, 0.3) is 0 Å². The molecule has 5 rings (SSSR count). The van der Waals surface area contributed by atoms with Crippen molar-refractivity contribution >= 4 is 27.9 Å². The van der Waals surface area contributed by atoms with E-state index in [1.165, 1.54) is 19.3 Å². The van der Waals surface area contributed by atoms with Crippen LogP contribution in [0.15, 0.2) is 30.3 Å². The van der Waals surface area contributed by atoms with Crippen molar-refractivity contribution in [2.24, 2.45) is 17.8 Å². The molecule has 0 saturated heterocycles. The Hall–Kier alpha value is 0.934. The van der Waals surface area contributed by atoms with Crippen LogP contribution in [0.2, 0.25) is 0 Å². The summed E-state index contributed by atoms with van der Waals surface area (Å²) >= 11 is -1.92. The summed E-state index contributed by atoms with van der Waals surface area (Å²) in [5, 5.41) is 0. The van der Waals surface area contributed by atoms with E-state index in [2.05, 4.69) is 0 Å². The van der Waals surface area contributed by atoms with Crippen LogP contribution in [0.5, 0.6) is 0 Å². The zero-order valence-electron chi connectivity index (χ0n) is 11.0. The van der Waals surface area contributed by atoms with Crippen molar-refractivity contribution < 1.29 is 14.7 Å². The molecule has 4 aliphatic carbocycles. The summed E-state index contributed by atoms with van der Waals surface area (Å²) in [7, 11) is 14.9. The monoisotopic (exact) mass is 353 g/mol. The van der Waals surface area contributed by atoms with Gasteiger partial charge in [0.2, 0.25) is 0 Å². The van der Waals surface area contributed by atoms with Gasteiger partial charge in [-0.1, -0.05) is 37.0 Å². The maximum Gasteiger partial charge on any atom is -0.172 e. The van der Waals surface area contributed by atoms with E-state index in [1.807, 2.05) is 36.2 Å². The first-order valence-electron chi connectivity index (χ1n) is 6.97. The number of hydrogen-bond donors (Lipinski definition) is 0. The standard InChI is InChI=1S/C10H15.C5H5.3ClH.Ti/c1-7-2-9-4-8(1)5-10(3-7)6-9;1-2-4-5-3-1;;;;/h7-9H,1-6H2;1-5H;3*1H;/q2*-1;;;;+3/p-3. The molecule has 0 aromatic heterocycles. The molecule has 0 radical (unpaired) electrons. The second kappa shape index (κ2) is 8.39. The molecule has 0 atom stereocenters. The third-order valence-electron chi connectivity index (χ3n) is 4.29. The van der Waals surface area contributed by atoms with Crippen LogP contribution in [0.4, 0.5) is 0 Å². The Balaban J connectivity index is 0.000000126. The Morgan fingerprint density at radius 3 is 1.42 bits per heavy atom. The minimum Gasteiger partial charge on any atom is -0.214 e. The van der Waals surface area contributed by atoms with Crippen molar-refractivity contribution in [3.05, 3.63) is 36.2 Å². The Bertz CT molecular complexity index is 261. The molecule has 4 heteroatoms. The largest absolute Gasteiger partial charge is 0.214 e. The first-order chi connectivity index (χ1) is 9.13. The molecule has 4 aliphatic rings. The quantitative estimate of drug-likeness (QED) is 0.381. The van der Waals surface area contributed by atoms with E-state index in [0.29, 0.717) is 0 Å². The van der Waals surface area contributed by atoms with Gasteiger partial charge in [0, 0.05) is 0 Å². The van der Waals surface area contributed by atoms with E-state index in [1.54, 1.807) is 19.3 Å². The smallest absolute Gasteiger partial charge is 0.172 e. The molecule has 0 N–H and O–H groups in total. The van der Waals surface area contributed by atoms with Gasteiger partial charge in [-0.05, 0) is 0 Å². The van der Waals surface area contributed by atoms with Gasteiger partial charge >= 0.3 is 42.6 Å². The van der Waals surface area contributed by atoms with Crippen LogP contribution in [0, 0.1) is 23.7 Å². The molecular formula is C15H20Cl3Ti-2. The molecule has 1 aromatic carbocycles. The summed E-state index contributed by atoms with van der Waals surface area (Å²) in [6.45, 7) is 0. The average molecular weight is 355 g/mol. The van der Waals surface area contributed by atoms with Crippen LogP contribution >= 0.6 is 27.9 Å². The fraction of sp³-hybridized carbons (Fsp3) is 0.600. The molecule has 0 spiro atoms. The number of halogens is 3. The van der Waals surface area contributed by atoms with Gasteiger partial charge in [0.15, 0.2) is 0 Å². The Labute approximate surface area is 134 Å². The Kier molecular flexibility index (Phi) is 7.21. The molecule has 1 aromatic rings. The molecule has 0 aliphatic heterocycles.